The molecule has 1 aromatic rings. The van der Waals surface area contributed by atoms with E-state index in [2.05, 4.69) is 0 Å². The van der Waals surface area contributed by atoms with E-state index in [0.717, 1.165) is 0 Å². The predicted octanol–water partition coefficient (Wildman–Crippen LogP) is 1.64. The van der Waals surface area contributed by atoms with Crippen molar-refractivity contribution >= 4 is 0 Å². The van der Waals surface area contributed by atoms with Gasteiger partial charge in [-0.25, -0.2) is 4.39 Å². The van der Waals surface area contributed by atoms with Gasteiger partial charge >= 0.3 is 0 Å². The zero-order chi connectivity index (χ0) is 11.6. The number of methoxy groups -OCH3 is 1. The first-order chi connectivity index (χ1) is 6.88. The van der Waals surface area contributed by atoms with Gasteiger partial charge < -0.3 is 14.9 Å². The summed E-state index contributed by atoms with van der Waals surface area (Å²) in [7, 11) is 1.35. The molecular formula is C11H15FO3. The third kappa shape index (κ3) is 2.46. The fourth-order valence-electron chi connectivity index (χ4n) is 1.28. The number of hydrogen-bond acceptors (Lipinski definition) is 3. The zero-order valence-electron chi connectivity index (χ0n) is 8.99. The first-order valence-corrected chi connectivity index (χ1v) is 4.60. The summed E-state index contributed by atoms with van der Waals surface area (Å²) in [4.78, 5) is 0. The minimum Gasteiger partial charge on any atom is -0.494 e. The summed E-state index contributed by atoms with van der Waals surface area (Å²) < 4.78 is 18.4. The molecule has 0 saturated heterocycles. The van der Waals surface area contributed by atoms with Crippen LogP contribution in [0.1, 0.15) is 25.5 Å². The fourth-order valence-corrected chi connectivity index (χ4v) is 1.28. The van der Waals surface area contributed by atoms with Crippen molar-refractivity contribution in [2.75, 3.05) is 7.11 Å². The average molecular weight is 214 g/mol. The molecule has 1 aromatic carbocycles. The van der Waals surface area contributed by atoms with Crippen molar-refractivity contribution in [2.24, 2.45) is 0 Å². The molecule has 4 heteroatoms. The van der Waals surface area contributed by atoms with Crippen molar-refractivity contribution < 1.29 is 19.3 Å². The Morgan fingerprint density at radius 2 is 2.00 bits per heavy atom. The molecule has 0 radical (unpaired) electrons. The van der Waals surface area contributed by atoms with E-state index in [1.165, 1.54) is 33.1 Å². The molecule has 0 aliphatic rings. The SMILES string of the molecule is COc1cccc(C(O)C(C)(C)O)c1F. The molecule has 0 spiro atoms. The first kappa shape index (κ1) is 11.9. The Labute approximate surface area is 88.1 Å². The summed E-state index contributed by atoms with van der Waals surface area (Å²) in [6.07, 6.45) is -1.28. The van der Waals surface area contributed by atoms with Gasteiger partial charge in [-0.2, -0.15) is 0 Å². The van der Waals surface area contributed by atoms with Crippen LogP contribution in [0.5, 0.6) is 5.75 Å². The van der Waals surface area contributed by atoms with Crippen molar-refractivity contribution in [3.8, 4) is 5.75 Å². The molecule has 0 aliphatic heterocycles. The predicted molar refractivity (Wildman–Crippen MR) is 54.2 cm³/mol. The van der Waals surface area contributed by atoms with Crippen LogP contribution in [0.15, 0.2) is 18.2 Å². The largest absolute Gasteiger partial charge is 0.494 e. The van der Waals surface area contributed by atoms with Crippen LogP contribution in [0.4, 0.5) is 4.39 Å². The Kier molecular flexibility index (Phi) is 3.31. The summed E-state index contributed by atoms with van der Waals surface area (Å²) in [6.45, 7) is 2.83. The number of ether oxygens (including phenoxy) is 1. The van der Waals surface area contributed by atoms with Gasteiger partial charge in [-0.1, -0.05) is 12.1 Å². The second-order valence-electron chi connectivity index (χ2n) is 3.92. The highest BCUT2D eigenvalue weighted by Crippen LogP contribution is 2.30. The lowest BCUT2D eigenvalue weighted by Gasteiger charge is -2.25. The third-order valence-corrected chi connectivity index (χ3v) is 2.18. The summed E-state index contributed by atoms with van der Waals surface area (Å²) >= 11 is 0. The normalized spacial score (nSPS) is 13.7. The van der Waals surface area contributed by atoms with Crippen LogP contribution in [-0.4, -0.2) is 22.9 Å². The summed E-state index contributed by atoms with van der Waals surface area (Å²) in [5, 5.41) is 19.3. The van der Waals surface area contributed by atoms with E-state index in [0.29, 0.717) is 0 Å². The molecule has 1 atom stereocenters. The van der Waals surface area contributed by atoms with Crippen LogP contribution in [0.2, 0.25) is 0 Å². The van der Waals surface area contributed by atoms with Crippen molar-refractivity contribution in [1.29, 1.82) is 0 Å². The second kappa shape index (κ2) is 4.16. The highest BCUT2D eigenvalue weighted by molar-refractivity contribution is 5.33. The van der Waals surface area contributed by atoms with Crippen molar-refractivity contribution in [3.05, 3.63) is 29.6 Å². The number of aliphatic hydroxyl groups excluding tert-OH is 1. The molecular weight excluding hydrogens is 199 g/mol. The van der Waals surface area contributed by atoms with Crippen molar-refractivity contribution in [2.45, 2.75) is 25.6 Å². The minimum atomic E-state index is -1.40. The molecule has 0 aliphatic carbocycles. The quantitative estimate of drug-likeness (QED) is 0.804. The molecule has 0 fully saturated rings. The van der Waals surface area contributed by atoms with Gasteiger partial charge in [-0.05, 0) is 19.9 Å². The van der Waals surface area contributed by atoms with E-state index in [9.17, 15) is 14.6 Å². The summed E-state index contributed by atoms with van der Waals surface area (Å²) in [5.74, 6) is -0.592. The fraction of sp³-hybridized carbons (Fsp3) is 0.455. The van der Waals surface area contributed by atoms with E-state index in [1.807, 2.05) is 0 Å². The topological polar surface area (TPSA) is 49.7 Å². The molecule has 1 unspecified atom stereocenters. The van der Waals surface area contributed by atoms with E-state index < -0.39 is 17.5 Å². The Morgan fingerprint density at radius 1 is 1.40 bits per heavy atom. The van der Waals surface area contributed by atoms with Crippen LogP contribution < -0.4 is 4.74 Å². The van der Waals surface area contributed by atoms with E-state index in [1.54, 1.807) is 6.07 Å². The molecule has 0 bridgehead atoms. The number of rotatable bonds is 3. The molecule has 15 heavy (non-hydrogen) atoms. The van der Waals surface area contributed by atoms with Crippen molar-refractivity contribution in [1.82, 2.24) is 0 Å². The van der Waals surface area contributed by atoms with Crippen LogP contribution in [0.3, 0.4) is 0 Å². The molecule has 0 amide bonds. The Balaban J connectivity index is 3.15. The Morgan fingerprint density at radius 3 is 2.47 bits per heavy atom. The summed E-state index contributed by atoms with van der Waals surface area (Å²) in [5.41, 5.74) is -1.37. The summed E-state index contributed by atoms with van der Waals surface area (Å²) in [6, 6.07) is 4.43. The maximum atomic E-state index is 13.7. The van der Waals surface area contributed by atoms with Crippen LogP contribution >= 0.6 is 0 Å². The van der Waals surface area contributed by atoms with Gasteiger partial charge in [0.15, 0.2) is 11.6 Å². The van der Waals surface area contributed by atoms with Crippen LogP contribution in [0, 0.1) is 5.82 Å². The highest BCUT2D eigenvalue weighted by atomic mass is 19.1. The molecule has 2 N–H and O–H groups in total. The third-order valence-electron chi connectivity index (χ3n) is 2.18. The molecule has 0 saturated carbocycles. The maximum Gasteiger partial charge on any atom is 0.170 e. The number of hydrogen-bond donors (Lipinski definition) is 2. The second-order valence-corrected chi connectivity index (χ2v) is 3.92. The lowest BCUT2D eigenvalue weighted by Crippen LogP contribution is -2.29. The van der Waals surface area contributed by atoms with Crippen LogP contribution in [-0.2, 0) is 0 Å². The molecule has 84 valence electrons. The van der Waals surface area contributed by atoms with Gasteiger partial charge in [-0.15, -0.1) is 0 Å². The number of aliphatic hydroxyl groups is 2. The van der Waals surface area contributed by atoms with Crippen LogP contribution in [0.25, 0.3) is 0 Å². The Hall–Kier alpha value is -1.13. The number of benzene rings is 1. The van der Waals surface area contributed by atoms with Gasteiger partial charge in [0.25, 0.3) is 0 Å². The minimum absolute atomic E-state index is 0.0295. The average Bonchev–Trinajstić information content (AvgIpc) is 2.16. The number of halogens is 1. The molecule has 3 nitrogen and oxygen atoms in total. The van der Waals surface area contributed by atoms with E-state index in [-0.39, 0.29) is 11.3 Å². The van der Waals surface area contributed by atoms with Gasteiger partial charge in [-0.3, -0.25) is 0 Å². The van der Waals surface area contributed by atoms with E-state index >= 15 is 0 Å². The maximum absolute atomic E-state index is 13.7. The lowest BCUT2D eigenvalue weighted by atomic mass is 9.94. The smallest absolute Gasteiger partial charge is 0.170 e. The molecule has 0 aromatic heterocycles. The standard InChI is InChI=1S/C11H15FO3/c1-11(2,14)10(13)7-5-4-6-8(15-3)9(7)12/h4-6,10,13-14H,1-3H3. The van der Waals surface area contributed by atoms with E-state index in [4.69, 9.17) is 4.74 Å². The molecule has 0 heterocycles. The lowest BCUT2D eigenvalue weighted by molar-refractivity contribution is -0.0513. The monoisotopic (exact) mass is 214 g/mol. The van der Waals surface area contributed by atoms with Gasteiger partial charge in [0, 0.05) is 5.56 Å². The van der Waals surface area contributed by atoms with Gasteiger partial charge in [0.05, 0.1) is 12.7 Å². The zero-order valence-corrected chi connectivity index (χ0v) is 8.99. The highest BCUT2D eigenvalue weighted by Gasteiger charge is 2.29. The van der Waals surface area contributed by atoms with Gasteiger partial charge in [0.1, 0.15) is 6.10 Å². The Bertz CT molecular complexity index is 344. The van der Waals surface area contributed by atoms with Gasteiger partial charge in [0.2, 0.25) is 0 Å². The van der Waals surface area contributed by atoms with Crippen molar-refractivity contribution in [3.63, 3.8) is 0 Å². The molecule has 1 rings (SSSR count). The first-order valence-electron chi connectivity index (χ1n) is 4.60.